The smallest absolute Gasteiger partial charge is 0.193 e. The minimum absolute atomic E-state index is 0. The Morgan fingerprint density at radius 3 is 2.40 bits per heavy atom. The van der Waals surface area contributed by atoms with Gasteiger partial charge in [0, 0.05) is 16.3 Å². The third-order valence-electron chi connectivity index (χ3n) is 3.06. The highest BCUT2D eigenvalue weighted by atomic mass is 127. The monoisotopic (exact) mass is 473 g/mol. The van der Waals surface area contributed by atoms with E-state index < -0.39 is 10.8 Å². The molecule has 136 valence electrons. The van der Waals surface area contributed by atoms with Crippen LogP contribution in [0, 0.1) is 0 Å². The van der Waals surface area contributed by atoms with Gasteiger partial charge >= 0.3 is 0 Å². The van der Waals surface area contributed by atoms with Crippen molar-refractivity contribution in [3.05, 3.63) is 54.6 Å². The van der Waals surface area contributed by atoms with E-state index in [2.05, 4.69) is 10.3 Å². The molecule has 2 aromatic carbocycles. The number of aliphatic imine (C=N–C) groups is 1. The van der Waals surface area contributed by atoms with E-state index in [1.165, 1.54) is 0 Å². The van der Waals surface area contributed by atoms with E-state index in [0.29, 0.717) is 18.3 Å². The molecule has 1 atom stereocenters. The number of halogens is 1. The van der Waals surface area contributed by atoms with Crippen LogP contribution in [-0.2, 0) is 10.8 Å². The number of benzene rings is 2. The van der Waals surface area contributed by atoms with Crippen molar-refractivity contribution in [2.45, 2.75) is 24.8 Å². The number of nitrogens with two attached hydrogens (primary N) is 1. The fourth-order valence-corrected chi connectivity index (χ4v) is 2.97. The van der Waals surface area contributed by atoms with Gasteiger partial charge in [-0.05, 0) is 50.2 Å². The summed E-state index contributed by atoms with van der Waals surface area (Å²) < 4.78 is 17.7. The van der Waals surface area contributed by atoms with Crippen molar-refractivity contribution in [2.75, 3.05) is 17.6 Å². The number of nitrogens with one attached hydrogen (secondary N) is 1. The van der Waals surface area contributed by atoms with E-state index in [4.69, 9.17) is 10.5 Å². The van der Waals surface area contributed by atoms with Crippen molar-refractivity contribution in [3.8, 4) is 5.75 Å². The van der Waals surface area contributed by atoms with Gasteiger partial charge in [0.2, 0.25) is 0 Å². The van der Waals surface area contributed by atoms with Gasteiger partial charge in [-0.25, -0.2) is 0 Å². The Kier molecular flexibility index (Phi) is 9.51. The van der Waals surface area contributed by atoms with Gasteiger partial charge < -0.3 is 15.8 Å². The minimum Gasteiger partial charge on any atom is -0.491 e. The summed E-state index contributed by atoms with van der Waals surface area (Å²) in [6.07, 6.45) is 0.140. The van der Waals surface area contributed by atoms with Crippen LogP contribution in [0.4, 0.5) is 5.69 Å². The second-order valence-electron chi connectivity index (χ2n) is 5.45. The highest BCUT2D eigenvalue weighted by Crippen LogP contribution is 2.16. The maximum atomic E-state index is 12.1. The molecule has 2 rings (SSSR count). The number of anilines is 1. The first kappa shape index (κ1) is 21.4. The number of hydrogen-bond donors (Lipinski definition) is 2. The van der Waals surface area contributed by atoms with E-state index in [0.717, 1.165) is 16.3 Å². The Morgan fingerprint density at radius 2 is 1.80 bits per heavy atom. The summed E-state index contributed by atoms with van der Waals surface area (Å²) in [4.78, 5) is 5.02. The molecule has 0 heterocycles. The van der Waals surface area contributed by atoms with Crippen LogP contribution in [0.5, 0.6) is 5.75 Å². The third-order valence-corrected chi connectivity index (χ3v) is 4.41. The largest absolute Gasteiger partial charge is 0.491 e. The van der Waals surface area contributed by atoms with Crippen molar-refractivity contribution in [3.63, 3.8) is 0 Å². The van der Waals surface area contributed by atoms with Crippen molar-refractivity contribution in [2.24, 2.45) is 10.7 Å². The molecule has 0 aliphatic carbocycles. The second-order valence-corrected chi connectivity index (χ2v) is 7.02. The summed E-state index contributed by atoms with van der Waals surface area (Å²) >= 11 is 0. The Bertz CT molecular complexity index is 691. The molecule has 0 spiro atoms. The van der Waals surface area contributed by atoms with Gasteiger partial charge in [0.05, 0.1) is 23.4 Å². The highest BCUT2D eigenvalue weighted by molar-refractivity contribution is 14.0. The Hall–Kier alpha value is -1.61. The fraction of sp³-hybridized carbons (Fsp3) is 0.278. The summed E-state index contributed by atoms with van der Waals surface area (Å²) in [5.74, 6) is 1.55. The Balaban J connectivity index is 0.00000312. The van der Waals surface area contributed by atoms with Crippen LogP contribution in [0.3, 0.4) is 0 Å². The van der Waals surface area contributed by atoms with Crippen LogP contribution < -0.4 is 15.8 Å². The molecule has 0 radical (unpaired) electrons. The fourth-order valence-electron chi connectivity index (χ4n) is 2.02. The normalized spacial score (nSPS) is 12.4. The average Bonchev–Trinajstić information content (AvgIpc) is 2.57. The van der Waals surface area contributed by atoms with Gasteiger partial charge in [0.1, 0.15) is 5.75 Å². The topological polar surface area (TPSA) is 76.7 Å². The van der Waals surface area contributed by atoms with E-state index in [1.54, 1.807) is 0 Å². The molecular formula is C18H24IN3O2S. The molecule has 0 bridgehead atoms. The lowest BCUT2D eigenvalue weighted by Crippen LogP contribution is -2.23. The van der Waals surface area contributed by atoms with Gasteiger partial charge in [0.25, 0.3) is 0 Å². The number of nitrogens with zero attached hydrogens (tertiary/aromatic N) is 1. The van der Waals surface area contributed by atoms with Crippen LogP contribution >= 0.6 is 24.0 Å². The molecule has 0 amide bonds. The second kappa shape index (κ2) is 11.1. The molecule has 3 N–H and O–H groups in total. The minimum atomic E-state index is -1.06. The summed E-state index contributed by atoms with van der Waals surface area (Å²) in [5.41, 5.74) is 6.69. The maximum absolute atomic E-state index is 12.1. The summed E-state index contributed by atoms with van der Waals surface area (Å²) in [7, 11) is -1.06. The SMILES string of the molecule is CC(C)Oc1ccc(NC(N)=NCCS(=O)c2ccccc2)cc1.I. The lowest BCUT2D eigenvalue weighted by molar-refractivity contribution is 0.242. The summed E-state index contributed by atoms with van der Waals surface area (Å²) in [5, 5.41) is 3.01. The zero-order chi connectivity index (χ0) is 17.4. The van der Waals surface area contributed by atoms with Gasteiger partial charge in [-0.2, -0.15) is 0 Å². The number of guanidine groups is 1. The van der Waals surface area contributed by atoms with Crippen molar-refractivity contribution in [1.29, 1.82) is 0 Å². The van der Waals surface area contributed by atoms with Gasteiger partial charge in [-0.1, -0.05) is 18.2 Å². The lowest BCUT2D eigenvalue weighted by atomic mass is 10.3. The van der Waals surface area contributed by atoms with Crippen molar-refractivity contribution < 1.29 is 8.95 Å². The molecule has 0 aliphatic rings. The molecular weight excluding hydrogens is 449 g/mol. The van der Waals surface area contributed by atoms with Crippen molar-refractivity contribution >= 4 is 46.4 Å². The van der Waals surface area contributed by atoms with Gasteiger partial charge in [-0.15, -0.1) is 24.0 Å². The first-order valence-electron chi connectivity index (χ1n) is 7.81. The predicted molar refractivity (Wildman–Crippen MR) is 115 cm³/mol. The number of ether oxygens (including phenoxy) is 1. The predicted octanol–water partition coefficient (Wildman–Crippen LogP) is 3.63. The molecule has 25 heavy (non-hydrogen) atoms. The molecule has 0 aromatic heterocycles. The molecule has 0 saturated heterocycles. The van der Waals surface area contributed by atoms with Crippen LogP contribution in [0.15, 0.2) is 64.5 Å². The molecule has 0 saturated carbocycles. The zero-order valence-electron chi connectivity index (χ0n) is 14.3. The average molecular weight is 473 g/mol. The number of hydrogen-bond acceptors (Lipinski definition) is 3. The Morgan fingerprint density at radius 1 is 1.16 bits per heavy atom. The van der Waals surface area contributed by atoms with Gasteiger partial charge in [-0.3, -0.25) is 9.20 Å². The number of rotatable bonds is 7. The van der Waals surface area contributed by atoms with E-state index in [9.17, 15) is 4.21 Å². The van der Waals surface area contributed by atoms with Crippen molar-refractivity contribution in [1.82, 2.24) is 0 Å². The van der Waals surface area contributed by atoms with Crippen LogP contribution in [0.2, 0.25) is 0 Å². The lowest BCUT2D eigenvalue weighted by Gasteiger charge is -2.10. The molecule has 0 fully saturated rings. The standard InChI is InChI=1S/C18H23N3O2S.HI/c1-14(2)23-16-10-8-15(9-11-16)21-18(19)20-12-13-24(22)17-6-4-3-5-7-17;/h3-11,14H,12-13H2,1-2H3,(H3,19,20,21);1H. The zero-order valence-corrected chi connectivity index (χ0v) is 17.5. The summed E-state index contributed by atoms with van der Waals surface area (Å²) in [6, 6.07) is 16.9. The van der Waals surface area contributed by atoms with Gasteiger partial charge in [0.15, 0.2) is 5.96 Å². The highest BCUT2D eigenvalue weighted by Gasteiger charge is 2.03. The molecule has 2 aromatic rings. The van der Waals surface area contributed by atoms with E-state index in [1.807, 2.05) is 68.4 Å². The molecule has 5 nitrogen and oxygen atoms in total. The van der Waals surface area contributed by atoms with E-state index in [-0.39, 0.29) is 30.1 Å². The quantitative estimate of drug-likeness (QED) is 0.366. The first-order valence-corrected chi connectivity index (χ1v) is 9.13. The molecule has 1 unspecified atom stereocenters. The molecule has 7 heteroatoms. The van der Waals surface area contributed by atoms with E-state index >= 15 is 0 Å². The van der Waals surface area contributed by atoms with Crippen LogP contribution in [0.1, 0.15) is 13.8 Å². The van der Waals surface area contributed by atoms with Crippen LogP contribution in [0.25, 0.3) is 0 Å². The first-order chi connectivity index (χ1) is 11.5. The Labute approximate surface area is 168 Å². The molecule has 0 aliphatic heterocycles. The third kappa shape index (κ3) is 7.87. The summed E-state index contributed by atoms with van der Waals surface area (Å²) in [6.45, 7) is 4.36. The maximum Gasteiger partial charge on any atom is 0.193 e. The van der Waals surface area contributed by atoms with Crippen LogP contribution in [-0.4, -0.2) is 28.6 Å².